The van der Waals surface area contributed by atoms with Crippen molar-refractivity contribution in [3.63, 3.8) is 0 Å². The van der Waals surface area contributed by atoms with E-state index in [0.29, 0.717) is 12.2 Å². The van der Waals surface area contributed by atoms with E-state index < -0.39 is 0 Å². The molecule has 2 heterocycles. The molecular weight excluding hydrogens is 272 g/mol. The van der Waals surface area contributed by atoms with Crippen molar-refractivity contribution >= 4 is 27.5 Å². The number of aromatic nitrogens is 2. The average Bonchev–Trinajstić information content (AvgIpc) is 2.91. The Bertz CT molecular complexity index is 753. The van der Waals surface area contributed by atoms with Gasteiger partial charge in [-0.15, -0.1) is 11.3 Å². The van der Waals surface area contributed by atoms with Crippen LogP contribution in [0.3, 0.4) is 0 Å². The molecule has 0 saturated carbocycles. The molecule has 0 N–H and O–H groups in total. The van der Waals surface area contributed by atoms with E-state index in [-0.39, 0.29) is 5.97 Å². The van der Waals surface area contributed by atoms with Crippen molar-refractivity contribution < 1.29 is 9.53 Å². The Labute approximate surface area is 120 Å². The van der Waals surface area contributed by atoms with Gasteiger partial charge in [0.2, 0.25) is 0 Å². The fraction of sp³-hybridized carbons (Fsp3) is 0.133. The van der Waals surface area contributed by atoms with Crippen molar-refractivity contribution in [3.8, 4) is 10.6 Å². The van der Waals surface area contributed by atoms with E-state index in [4.69, 9.17) is 4.74 Å². The Kier molecular flexibility index (Phi) is 3.43. The summed E-state index contributed by atoms with van der Waals surface area (Å²) in [7, 11) is 0. The highest BCUT2D eigenvalue weighted by Crippen LogP contribution is 2.30. The van der Waals surface area contributed by atoms with Crippen LogP contribution in [0.5, 0.6) is 0 Å². The number of nitrogens with zero attached hydrogens (tertiary/aromatic N) is 2. The zero-order valence-electron chi connectivity index (χ0n) is 10.9. The van der Waals surface area contributed by atoms with E-state index in [2.05, 4.69) is 9.97 Å². The van der Waals surface area contributed by atoms with E-state index in [1.54, 1.807) is 36.7 Å². The Balaban J connectivity index is 2.02. The van der Waals surface area contributed by atoms with Gasteiger partial charge < -0.3 is 4.74 Å². The van der Waals surface area contributed by atoms with Crippen LogP contribution in [-0.4, -0.2) is 22.5 Å². The minimum atomic E-state index is -0.298. The van der Waals surface area contributed by atoms with Crippen molar-refractivity contribution in [2.24, 2.45) is 0 Å². The van der Waals surface area contributed by atoms with E-state index >= 15 is 0 Å². The van der Waals surface area contributed by atoms with Gasteiger partial charge >= 0.3 is 5.97 Å². The van der Waals surface area contributed by atoms with E-state index in [1.165, 1.54) is 0 Å². The maximum atomic E-state index is 11.7. The summed E-state index contributed by atoms with van der Waals surface area (Å²) in [5, 5.41) is 0.920. The topological polar surface area (TPSA) is 52.1 Å². The quantitative estimate of drug-likeness (QED) is 0.690. The summed E-state index contributed by atoms with van der Waals surface area (Å²) < 4.78 is 5.98. The molecule has 0 bridgehead atoms. The van der Waals surface area contributed by atoms with Gasteiger partial charge in [0.1, 0.15) is 5.01 Å². The number of fused-ring (bicyclic) bond motifs is 1. The lowest BCUT2D eigenvalue weighted by Gasteiger charge is -2.00. The standard InChI is InChI=1S/C15H12N2O2S/c1-2-19-15(18)11-3-4-12-13(9-11)20-14(17-12)10-5-7-16-8-6-10/h3-9H,2H2,1H3. The van der Waals surface area contributed by atoms with Gasteiger partial charge in [0.25, 0.3) is 0 Å². The number of rotatable bonds is 3. The van der Waals surface area contributed by atoms with E-state index in [1.807, 2.05) is 24.3 Å². The second-order valence-electron chi connectivity index (χ2n) is 4.16. The molecule has 3 rings (SSSR count). The first-order chi connectivity index (χ1) is 9.78. The summed E-state index contributed by atoms with van der Waals surface area (Å²) in [6, 6.07) is 9.27. The second-order valence-corrected chi connectivity index (χ2v) is 5.19. The van der Waals surface area contributed by atoms with E-state index in [9.17, 15) is 4.79 Å². The minimum Gasteiger partial charge on any atom is -0.462 e. The summed E-state index contributed by atoms with van der Waals surface area (Å²) in [6.45, 7) is 2.17. The molecule has 0 atom stereocenters. The molecule has 4 nitrogen and oxygen atoms in total. The molecule has 0 amide bonds. The SMILES string of the molecule is CCOC(=O)c1ccc2nc(-c3ccncc3)sc2c1. The van der Waals surface area contributed by atoms with Crippen molar-refractivity contribution in [1.29, 1.82) is 0 Å². The number of ether oxygens (including phenoxy) is 1. The highest BCUT2D eigenvalue weighted by Gasteiger charge is 2.10. The number of pyridine rings is 1. The summed E-state index contributed by atoms with van der Waals surface area (Å²) in [5.41, 5.74) is 2.47. The number of carbonyl (C=O) groups excluding carboxylic acids is 1. The lowest BCUT2D eigenvalue weighted by molar-refractivity contribution is 0.0526. The molecule has 1 aromatic carbocycles. The number of esters is 1. The zero-order valence-corrected chi connectivity index (χ0v) is 11.7. The summed E-state index contributed by atoms with van der Waals surface area (Å²) in [4.78, 5) is 20.3. The van der Waals surface area contributed by atoms with Gasteiger partial charge in [0.05, 0.1) is 22.4 Å². The Morgan fingerprint density at radius 3 is 2.80 bits per heavy atom. The zero-order chi connectivity index (χ0) is 13.9. The molecule has 100 valence electrons. The van der Waals surface area contributed by atoms with Gasteiger partial charge in [-0.05, 0) is 37.3 Å². The third-order valence-electron chi connectivity index (χ3n) is 2.83. The van der Waals surface area contributed by atoms with Crippen LogP contribution in [0.4, 0.5) is 0 Å². The number of benzene rings is 1. The Hall–Kier alpha value is -2.27. The molecule has 0 aliphatic carbocycles. The number of hydrogen-bond acceptors (Lipinski definition) is 5. The van der Waals surface area contributed by atoms with Crippen LogP contribution in [0, 0.1) is 0 Å². The fourth-order valence-electron chi connectivity index (χ4n) is 1.88. The van der Waals surface area contributed by atoms with Crippen LogP contribution >= 0.6 is 11.3 Å². The molecule has 0 fully saturated rings. The first-order valence-corrected chi connectivity index (χ1v) is 7.07. The summed E-state index contributed by atoms with van der Waals surface area (Å²) in [6.07, 6.45) is 3.48. The molecule has 5 heteroatoms. The average molecular weight is 284 g/mol. The second kappa shape index (κ2) is 5.38. The van der Waals surface area contributed by atoms with Crippen LogP contribution < -0.4 is 0 Å². The predicted molar refractivity (Wildman–Crippen MR) is 78.8 cm³/mol. The van der Waals surface area contributed by atoms with Gasteiger partial charge in [-0.1, -0.05) is 0 Å². The Morgan fingerprint density at radius 2 is 2.05 bits per heavy atom. The van der Waals surface area contributed by atoms with Crippen LogP contribution in [0.15, 0.2) is 42.7 Å². The minimum absolute atomic E-state index is 0.298. The molecule has 2 aromatic heterocycles. The van der Waals surface area contributed by atoms with Crippen LogP contribution in [0.1, 0.15) is 17.3 Å². The van der Waals surface area contributed by atoms with Gasteiger partial charge in [0.15, 0.2) is 0 Å². The maximum Gasteiger partial charge on any atom is 0.338 e. The summed E-state index contributed by atoms with van der Waals surface area (Å²) >= 11 is 1.55. The third kappa shape index (κ3) is 2.40. The lowest BCUT2D eigenvalue weighted by atomic mass is 10.2. The molecule has 0 aliphatic rings. The molecule has 0 aliphatic heterocycles. The van der Waals surface area contributed by atoms with Crippen molar-refractivity contribution in [3.05, 3.63) is 48.3 Å². The van der Waals surface area contributed by atoms with Crippen LogP contribution in [-0.2, 0) is 4.74 Å². The largest absolute Gasteiger partial charge is 0.462 e. The van der Waals surface area contributed by atoms with Crippen molar-refractivity contribution in [2.75, 3.05) is 6.61 Å². The maximum absolute atomic E-state index is 11.7. The lowest BCUT2D eigenvalue weighted by Crippen LogP contribution is -2.03. The molecule has 0 unspecified atom stereocenters. The third-order valence-corrected chi connectivity index (χ3v) is 3.89. The smallest absolute Gasteiger partial charge is 0.338 e. The van der Waals surface area contributed by atoms with Gasteiger partial charge in [-0.3, -0.25) is 4.98 Å². The van der Waals surface area contributed by atoms with E-state index in [0.717, 1.165) is 20.8 Å². The normalized spacial score (nSPS) is 10.7. The molecule has 3 aromatic rings. The van der Waals surface area contributed by atoms with Gasteiger partial charge in [0, 0.05) is 18.0 Å². The van der Waals surface area contributed by atoms with Crippen LogP contribution in [0.25, 0.3) is 20.8 Å². The van der Waals surface area contributed by atoms with Gasteiger partial charge in [-0.25, -0.2) is 9.78 Å². The Morgan fingerprint density at radius 1 is 1.25 bits per heavy atom. The molecule has 0 radical (unpaired) electrons. The van der Waals surface area contributed by atoms with Crippen LogP contribution in [0.2, 0.25) is 0 Å². The fourth-order valence-corrected chi connectivity index (χ4v) is 2.89. The summed E-state index contributed by atoms with van der Waals surface area (Å²) in [5.74, 6) is -0.298. The first-order valence-electron chi connectivity index (χ1n) is 6.26. The molecule has 0 saturated heterocycles. The molecular formula is C15H12N2O2S. The molecule has 20 heavy (non-hydrogen) atoms. The highest BCUT2D eigenvalue weighted by molar-refractivity contribution is 7.21. The number of hydrogen-bond donors (Lipinski definition) is 0. The van der Waals surface area contributed by atoms with Crippen molar-refractivity contribution in [1.82, 2.24) is 9.97 Å². The monoisotopic (exact) mass is 284 g/mol. The predicted octanol–water partition coefficient (Wildman–Crippen LogP) is 3.54. The van der Waals surface area contributed by atoms with Gasteiger partial charge in [-0.2, -0.15) is 0 Å². The molecule has 0 spiro atoms. The first kappa shape index (κ1) is 12.7. The highest BCUT2D eigenvalue weighted by atomic mass is 32.1. The number of carbonyl (C=O) groups is 1. The van der Waals surface area contributed by atoms with Crippen molar-refractivity contribution in [2.45, 2.75) is 6.92 Å². The number of thiazole rings is 1.